The topological polar surface area (TPSA) is 37.9 Å². The first-order valence-electron chi connectivity index (χ1n) is 9.05. The molecule has 0 unspecified atom stereocenters. The van der Waals surface area contributed by atoms with Crippen LogP contribution < -0.4 is 4.74 Å². The summed E-state index contributed by atoms with van der Waals surface area (Å²) in [6.07, 6.45) is 5.86. The van der Waals surface area contributed by atoms with Gasteiger partial charge in [0.1, 0.15) is 11.6 Å². The van der Waals surface area contributed by atoms with Crippen LogP contribution >= 0.6 is 23.2 Å². The van der Waals surface area contributed by atoms with Crippen molar-refractivity contribution in [1.82, 2.24) is 9.97 Å². The Morgan fingerprint density at radius 2 is 1.45 bits per heavy atom. The van der Waals surface area contributed by atoms with Crippen molar-refractivity contribution in [2.24, 2.45) is 0 Å². The number of hydrogen-bond donors (Lipinski definition) is 1. The lowest BCUT2D eigenvalue weighted by Gasteiger charge is -2.05. The maximum absolute atomic E-state index is 6.11. The summed E-state index contributed by atoms with van der Waals surface area (Å²) in [5.41, 5.74) is 5.03. The Labute approximate surface area is 179 Å². The Balaban J connectivity index is 1.50. The van der Waals surface area contributed by atoms with Crippen molar-refractivity contribution >= 4 is 35.4 Å². The summed E-state index contributed by atoms with van der Waals surface area (Å²) in [5.74, 6) is 1.63. The molecule has 0 fully saturated rings. The third-order valence-electron chi connectivity index (χ3n) is 4.52. The van der Waals surface area contributed by atoms with Gasteiger partial charge in [-0.05, 0) is 53.1 Å². The van der Waals surface area contributed by atoms with E-state index < -0.39 is 0 Å². The van der Waals surface area contributed by atoms with Gasteiger partial charge in [0.25, 0.3) is 0 Å². The highest BCUT2D eigenvalue weighted by Gasteiger charge is 2.05. The predicted octanol–water partition coefficient (Wildman–Crippen LogP) is 7.23. The molecule has 0 spiro atoms. The Morgan fingerprint density at radius 3 is 2.10 bits per heavy atom. The van der Waals surface area contributed by atoms with E-state index in [4.69, 9.17) is 27.9 Å². The van der Waals surface area contributed by atoms with Crippen LogP contribution in [0.4, 0.5) is 0 Å². The summed E-state index contributed by atoms with van der Waals surface area (Å²) in [4.78, 5) is 7.85. The molecule has 5 heteroatoms. The van der Waals surface area contributed by atoms with E-state index in [0.29, 0.717) is 10.0 Å². The van der Waals surface area contributed by atoms with Crippen molar-refractivity contribution in [2.45, 2.75) is 0 Å². The second-order valence-electron chi connectivity index (χ2n) is 6.51. The molecule has 4 rings (SSSR count). The van der Waals surface area contributed by atoms with E-state index in [9.17, 15) is 0 Å². The lowest BCUT2D eigenvalue weighted by molar-refractivity contribution is 0.415. The van der Waals surface area contributed by atoms with Crippen molar-refractivity contribution in [3.8, 4) is 28.1 Å². The number of ether oxygens (including phenoxy) is 1. The van der Waals surface area contributed by atoms with Crippen LogP contribution in [0.5, 0.6) is 5.75 Å². The Morgan fingerprint density at radius 1 is 0.793 bits per heavy atom. The predicted molar refractivity (Wildman–Crippen MR) is 121 cm³/mol. The fraction of sp³-hybridized carbons (Fsp3) is 0.0417. The molecule has 0 bridgehead atoms. The zero-order valence-corrected chi connectivity index (χ0v) is 17.2. The summed E-state index contributed by atoms with van der Waals surface area (Å²) >= 11 is 12.2. The highest BCUT2D eigenvalue weighted by atomic mass is 35.5. The molecule has 1 aromatic heterocycles. The van der Waals surface area contributed by atoms with Crippen LogP contribution in [0, 0.1) is 0 Å². The second-order valence-corrected chi connectivity index (χ2v) is 7.39. The highest BCUT2D eigenvalue weighted by Crippen LogP contribution is 2.29. The number of methoxy groups -OCH3 is 1. The Hall–Kier alpha value is -3.01. The van der Waals surface area contributed by atoms with Crippen LogP contribution in [-0.2, 0) is 0 Å². The van der Waals surface area contributed by atoms with E-state index in [-0.39, 0.29) is 0 Å². The fourth-order valence-electron chi connectivity index (χ4n) is 3.01. The van der Waals surface area contributed by atoms with Crippen LogP contribution in [0.1, 0.15) is 11.4 Å². The average molecular weight is 421 g/mol. The minimum Gasteiger partial charge on any atom is -0.497 e. The zero-order chi connectivity index (χ0) is 20.2. The van der Waals surface area contributed by atoms with Crippen molar-refractivity contribution in [2.75, 3.05) is 7.11 Å². The molecule has 3 aromatic carbocycles. The Kier molecular flexibility index (Phi) is 5.70. The van der Waals surface area contributed by atoms with E-state index in [1.165, 1.54) is 0 Å². The molecular formula is C24H18Cl2N2O. The average Bonchev–Trinajstić information content (AvgIpc) is 3.21. The molecule has 0 saturated carbocycles. The number of H-pyrrole nitrogens is 1. The number of hydrogen-bond acceptors (Lipinski definition) is 2. The first kappa shape index (κ1) is 19.3. The molecule has 0 aliphatic carbocycles. The molecule has 0 saturated heterocycles. The van der Waals surface area contributed by atoms with Gasteiger partial charge in [-0.2, -0.15) is 0 Å². The van der Waals surface area contributed by atoms with Gasteiger partial charge in [-0.3, -0.25) is 0 Å². The number of halogens is 2. The van der Waals surface area contributed by atoms with Gasteiger partial charge in [-0.25, -0.2) is 4.98 Å². The van der Waals surface area contributed by atoms with Gasteiger partial charge < -0.3 is 9.72 Å². The molecule has 4 aromatic rings. The molecule has 0 aliphatic rings. The van der Waals surface area contributed by atoms with Gasteiger partial charge in [0.05, 0.1) is 12.8 Å². The number of aromatic amines is 1. The molecule has 0 atom stereocenters. The number of nitrogens with zero attached hydrogens (tertiary/aromatic N) is 1. The van der Waals surface area contributed by atoms with E-state index in [1.54, 1.807) is 13.2 Å². The molecule has 3 nitrogen and oxygen atoms in total. The van der Waals surface area contributed by atoms with Gasteiger partial charge in [0.2, 0.25) is 0 Å². The summed E-state index contributed by atoms with van der Waals surface area (Å²) in [7, 11) is 1.66. The van der Waals surface area contributed by atoms with Crippen molar-refractivity contribution in [3.05, 3.63) is 94.4 Å². The van der Waals surface area contributed by atoms with E-state index in [1.807, 2.05) is 79.0 Å². The monoisotopic (exact) mass is 420 g/mol. The summed E-state index contributed by atoms with van der Waals surface area (Å²) in [6.45, 7) is 0. The quantitative estimate of drug-likeness (QED) is 0.369. The summed E-state index contributed by atoms with van der Waals surface area (Å²) < 4.78 is 5.18. The smallest absolute Gasteiger partial charge is 0.130 e. The molecule has 0 aliphatic heterocycles. The molecule has 29 heavy (non-hydrogen) atoms. The van der Waals surface area contributed by atoms with E-state index in [0.717, 1.165) is 39.5 Å². The largest absolute Gasteiger partial charge is 0.497 e. The van der Waals surface area contributed by atoms with Gasteiger partial charge in [-0.15, -0.1) is 0 Å². The standard InChI is InChI=1S/C24H18Cl2N2O/c1-29-22-9-2-16(3-10-22)4-11-24-27-15-23(28-24)18-7-5-17(6-8-18)19-12-20(25)14-21(26)13-19/h2-15H,1H3,(H,27,28). The highest BCUT2D eigenvalue weighted by molar-refractivity contribution is 6.35. The number of benzene rings is 3. The van der Waals surface area contributed by atoms with Gasteiger partial charge in [-0.1, -0.05) is 65.7 Å². The molecule has 0 amide bonds. The number of nitrogens with one attached hydrogen (secondary N) is 1. The lowest BCUT2D eigenvalue weighted by atomic mass is 10.0. The normalized spacial score (nSPS) is 11.1. The lowest BCUT2D eigenvalue weighted by Crippen LogP contribution is -1.82. The van der Waals surface area contributed by atoms with Crippen LogP contribution in [0.2, 0.25) is 10.0 Å². The minimum absolute atomic E-state index is 0.622. The fourth-order valence-corrected chi connectivity index (χ4v) is 3.54. The van der Waals surface area contributed by atoms with Crippen molar-refractivity contribution in [1.29, 1.82) is 0 Å². The summed E-state index contributed by atoms with van der Waals surface area (Å²) in [5, 5.41) is 1.24. The molecule has 1 heterocycles. The number of rotatable bonds is 5. The second kappa shape index (κ2) is 8.56. The number of imidazole rings is 1. The summed E-state index contributed by atoms with van der Waals surface area (Å²) in [6, 6.07) is 21.6. The minimum atomic E-state index is 0.622. The van der Waals surface area contributed by atoms with Gasteiger partial charge >= 0.3 is 0 Å². The molecule has 1 N–H and O–H groups in total. The van der Waals surface area contributed by atoms with Gasteiger partial charge in [0.15, 0.2) is 0 Å². The molecular weight excluding hydrogens is 403 g/mol. The first-order valence-corrected chi connectivity index (χ1v) is 9.81. The van der Waals surface area contributed by atoms with Crippen LogP contribution in [0.15, 0.2) is 72.9 Å². The van der Waals surface area contributed by atoms with Gasteiger partial charge in [0, 0.05) is 21.8 Å². The SMILES string of the molecule is COc1ccc(C=Cc2nc(-c3ccc(-c4cc(Cl)cc(Cl)c4)cc3)c[nH]2)cc1. The molecule has 144 valence electrons. The van der Waals surface area contributed by atoms with Crippen LogP contribution in [0.25, 0.3) is 34.5 Å². The first-order chi connectivity index (χ1) is 14.1. The van der Waals surface area contributed by atoms with E-state index >= 15 is 0 Å². The zero-order valence-electron chi connectivity index (χ0n) is 15.7. The van der Waals surface area contributed by atoms with Crippen molar-refractivity contribution in [3.63, 3.8) is 0 Å². The third-order valence-corrected chi connectivity index (χ3v) is 4.96. The van der Waals surface area contributed by atoms with Crippen molar-refractivity contribution < 1.29 is 4.74 Å². The van der Waals surface area contributed by atoms with Crippen LogP contribution in [-0.4, -0.2) is 17.1 Å². The molecule has 0 radical (unpaired) electrons. The Bertz CT molecular complexity index is 1130. The van der Waals surface area contributed by atoms with E-state index in [2.05, 4.69) is 9.97 Å². The van der Waals surface area contributed by atoms with Crippen LogP contribution in [0.3, 0.4) is 0 Å². The number of aromatic nitrogens is 2. The maximum Gasteiger partial charge on any atom is 0.130 e. The maximum atomic E-state index is 6.11. The third kappa shape index (κ3) is 4.70.